The number of hydrogen-bond acceptors (Lipinski definition) is 4. The SMILES string of the molecule is CCOC(=O)[C@H]1C(=O)C[C@@]2(O)CCC[C@@H]1C2. The largest absolute Gasteiger partial charge is 0.465 e. The molecule has 16 heavy (non-hydrogen) atoms. The molecule has 0 saturated heterocycles. The van der Waals surface area contributed by atoms with Crippen LogP contribution in [0.3, 0.4) is 0 Å². The molecule has 4 heteroatoms. The van der Waals surface area contributed by atoms with Crippen molar-refractivity contribution < 1.29 is 19.4 Å². The van der Waals surface area contributed by atoms with E-state index in [1.807, 2.05) is 0 Å². The summed E-state index contributed by atoms with van der Waals surface area (Å²) in [6.45, 7) is 2.04. The van der Waals surface area contributed by atoms with E-state index in [1.54, 1.807) is 6.92 Å². The summed E-state index contributed by atoms with van der Waals surface area (Å²) < 4.78 is 4.93. The normalized spacial score (nSPS) is 38.2. The molecule has 4 nitrogen and oxygen atoms in total. The number of Topliss-reactive ketones (excluding diaryl/α,β-unsaturated/α-hetero) is 1. The molecule has 2 aliphatic rings. The highest BCUT2D eigenvalue weighted by molar-refractivity contribution is 6.00. The van der Waals surface area contributed by atoms with E-state index in [-0.39, 0.29) is 18.1 Å². The summed E-state index contributed by atoms with van der Waals surface area (Å²) >= 11 is 0. The summed E-state index contributed by atoms with van der Waals surface area (Å²) in [5.41, 5.74) is -0.844. The van der Waals surface area contributed by atoms with E-state index in [1.165, 1.54) is 0 Å². The number of rotatable bonds is 2. The summed E-state index contributed by atoms with van der Waals surface area (Å²) in [6.07, 6.45) is 3.11. The van der Waals surface area contributed by atoms with Crippen LogP contribution in [0.2, 0.25) is 0 Å². The van der Waals surface area contributed by atoms with Gasteiger partial charge in [-0.2, -0.15) is 0 Å². The van der Waals surface area contributed by atoms with Crippen LogP contribution < -0.4 is 0 Å². The van der Waals surface area contributed by atoms with Crippen molar-refractivity contribution in [2.24, 2.45) is 11.8 Å². The van der Waals surface area contributed by atoms with E-state index in [9.17, 15) is 14.7 Å². The third-order valence-corrected chi connectivity index (χ3v) is 3.72. The molecule has 0 heterocycles. The maximum Gasteiger partial charge on any atom is 0.316 e. The number of hydrogen-bond donors (Lipinski definition) is 1. The molecule has 2 aliphatic carbocycles. The van der Waals surface area contributed by atoms with E-state index in [4.69, 9.17) is 4.74 Å². The maximum atomic E-state index is 11.9. The van der Waals surface area contributed by atoms with Crippen molar-refractivity contribution >= 4 is 11.8 Å². The molecule has 2 rings (SSSR count). The molecular formula is C12H18O4. The van der Waals surface area contributed by atoms with Crippen LogP contribution in [0.5, 0.6) is 0 Å². The highest BCUT2D eigenvalue weighted by atomic mass is 16.5. The lowest BCUT2D eigenvalue weighted by Crippen LogP contribution is -2.50. The molecule has 0 unspecified atom stereocenters. The molecule has 0 radical (unpaired) electrons. The molecule has 90 valence electrons. The Labute approximate surface area is 95.0 Å². The van der Waals surface area contributed by atoms with Crippen molar-refractivity contribution in [3.05, 3.63) is 0 Å². The minimum Gasteiger partial charge on any atom is -0.465 e. The Balaban J connectivity index is 2.14. The van der Waals surface area contributed by atoms with Gasteiger partial charge in [-0.05, 0) is 32.1 Å². The van der Waals surface area contributed by atoms with Gasteiger partial charge in [0.2, 0.25) is 0 Å². The number of ketones is 1. The van der Waals surface area contributed by atoms with Gasteiger partial charge in [0, 0.05) is 6.42 Å². The van der Waals surface area contributed by atoms with E-state index < -0.39 is 17.5 Å². The van der Waals surface area contributed by atoms with Gasteiger partial charge in [-0.25, -0.2) is 0 Å². The predicted octanol–water partition coefficient (Wildman–Crippen LogP) is 1.06. The molecule has 1 N–H and O–H groups in total. The van der Waals surface area contributed by atoms with Gasteiger partial charge >= 0.3 is 5.97 Å². The zero-order valence-corrected chi connectivity index (χ0v) is 9.57. The van der Waals surface area contributed by atoms with Gasteiger partial charge in [-0.3, -0.25) is 9.59 Å². The lowest BCUT2D eigenvalue weighted by atomic mass is 9.64. The topological polar surface area (TPSA) is 63.6 Å². The Morgan fingerprint density at radius 2 is 2.38 bits per heavy atom. The number of fused-ring (bicyclic) bond motifs is 2. The van der Waals surface area contributed by atoms with Crippen LogP contribution in [0.4, 0.5) is 0 Å². The van der Waals surface area contributed by atoms with Gasteiger partial charge in [0.05, 0.1) is 12.2 Å². The maximum absolute atomic E-state index is 11.9. The average molecular weight is 226 g/mol. The van der Waals surface area contributed by atoms with Crippen molar-refractivity contribution in [3.8, 4) is 0 Å². The predicted molar refractivity (Wildman–Crippen MR) is 56.7 cm³/mol. The van der Waals surface area contributed by atoms with Crippen LogP contribution >= 0.6 is 0 Å². The summed E-state index contributed by atoms with van der Waals surface area (Å²) in [5.74, 6) is -1.18. The Morgan fingerprint density at radius 3 is 3.06 bits per heavy atom. The summed E-state index contributed by atoms with van der Waals surface area (Å²) in [4.78, 5) is 23.6. The molecule has 2 bridgehead atoms. The first-order chi connectivity index (χ1) is 7.56. The molecule has 0 aromatic heterocycles. The standard InChI is InChI=1S/C12H18O4/c1-2-16-11(14)10-8-4-3-5-12(15,6-8)7-9(10)13/h8,10,15H,2-7H2,1H3/t8-,10-,12-/m1/s1. The smallest absolute Gasteiger partial charge is 0.316 e. The van der Waals surface area contributed by atoms with Gasteiger partial charge in [0.1, 0.15) is 11.7 Å². The summed E-state index contributed by atoms with van der Waals surface area (Å²) in [7, 11) is 0. The second-order valence-electron chi connectivity index (χ2n) is 4.95. The first kappa shape index (κ1) is 11.6. The molecule has 0 aromatic rings. The lowest BCUT2D eigenvalue weighted by Gasteiger charge is -2.43. The average Bonchev–Trinajstić information content (AvgIpc) is 2.15. The van der Waals surface area contributed by atoms with E-state index in [2.05, 4.69) is 0 Å². The third kappa shape index (κ3) is 1.98. The third-order valence-electron chi connectivity index (χ3n) is 3.72. The van der Waals surface area contributed by atoms with Crippen molar-refractivity contribution in [1.29, 1.82) is 0 Å². The van der Waals surface area contributed by atoms with Gasteiger partial charge < -0.3 is 9.84 Å². The van der Waals surface area contributed by atoms with Gasteiger partial charge in [-0.1, -0.05) is 6.42 Å². The molecule has 0 aliphatic heterocycles. The minimum absolute atomic E-state index is 0.0148. The van der Waals surface area contributed by atoms with Crippen LogP contribution in [0.15, 0.2) is 0 Å². The van der Waals surface area contributed by atoms with E-state index in [0.717, 1.165) is 12.8 Å². The van der Waals surface area contributed by atoms with Crippen molar-refractivity contribution in [3.63, 3.8) is 0 Å². The zero-order valence-electron chi connectivity index (χ0n) is 9.57. The molecule has 0 amide bonds. The number of esters is 1. The Hall–Kier alpha value is -0.900. The molecule has 3 atom stereocenters. The van der Waals surface area contributed by atoms with Crippen molar-refractivity contribution in [2.45, 2.75) is 44.6 Å². The highest BCUT2D eigenvalue weighted by Gasteiger charge is 2.49. The zero-order chi connectivity index (χ0) is 11.8. The Bertz CT molecular complexity index is 312. The molecule has 2 fully saturated rings. The monoisotopic (exact) mass is 226 g/mol. The quantitative estimate of drug-likeness (QED) is 0.565. The van der Waals surface area contributed by atoms with Crippen molar-refractivity contribution in [2.75, 3.05) is 6.61 Å². The van der Waals surface area contributed by atoms with Crippen LogP contribution in [-0.4, -0.2) is 29.1 Å². The second-order valence-corrected chi connectivity index (χ2v) is 4.95. The Morgan fingerprint density at radius 1 is 1.62 bits per heavy atom. The Kier molecular flexibility index (Phi) is 3.02. The van der Waals surface area contributed by atoms with E-state index in [0.29, 0.717) is 19.4 Å². The fourth-order valence-electron chi connectivity index (χ4n) is 3.08. The molecule has 0 spiro atoms. The fourth-order valence-corrected chi connectivity index (χ4v) is 3.08. The van der Waals surface area contributed by atoms with Crippen LogP contribution in [0.1, 0.15) is 39.0 Å². The van der Waals surface area contributed by atoms with E-state index >= 15 is 0 Å². The van der Waals surface area contributed by atoms with Gasteiger partial charge in [0.15, 0.2) is 0 Å². The lowest BCUT2D eigenvalue weighted by molar-refractivity contribution is -0.163. The number of carbonyl (C=O) groups excluding carboxylic acids is 2. The fraction of sp³-hybridized carbons (Fsp3) is 0.833. The summed E-state index contributed by atoms with van der Waals surface area (Å²) in [5, 5.41) is 10.1. The van der Waals surface area contributed by atoms with Gasteiger partial charge in [-0.15, -0.1) is 0 Å². The number of carbonyl (C=O) groups is 2. The second kappa shape index (κ2) is 4.17. The van der Waals surface area contributed by atoms with Gasteiger partial charge in [0.25, 0.3) is 0 Å². The number of ether oxygens (including phenoxy) is 1. The van der Waals surface area contributed by atoms with Crippen LogP contribution in [0, 0.1) is 11.8 Å². The molecule has 2 saturated carbocycles. The summed E-state index contributed by atoms with van der Waals surface area (Å²) in [6, 6.07) is 0. The highest BCUT2D eigenvalue weighted by Crippen LogP contribution is 2.44. The van der Waals surface area contributed by atoms with Crippen LogP contribution in [0.25, 0.3) is 0 Å². The molecular weight excluding hydrogens is 208 g/mol. The van der Waals surface area contributed by atoms with Crippen LogP contribution in [-0.2, 0) is 14.3 Å². The van der Waals surface area contributed by atoms with Crippen molar-refractivity contribution in [1.82, 2.24) is 0 Å². The number of aliphatic hydroxyl groups is 1. The first-order valence-electron chi connectivity index (χ1n) is 5.97. The minimum atomic E-state index is -0.844. The molecule has 0 aromatic carbocycles. The first-order valence-corrected chi connectivity index (χ1v) is 5.97.